The SMILES string of the molecule is O=C1NCC2(CNCCO2)c2[nH]c(-c3ccnc(-c4cc5ccccc5o4)n3)cc21. The summed E-state index contributed by atoms with van der Waals surface area (Å²) in [5, 5.41) is 7.30. The monoisotopic (exact) mass is 401 g/mol. The minimum Gasteiger partial charge on any atom is -0.453 e. The van der Waals surface area contributed by atoms with Crippen LogP contribution in [0.1, 0.15) is 16.1 Å². The first kappa shape index (κ1) is 17.4. The van der Waals surface area contributed by atoms with Gasteiger partial charge in [-0.15, -0.1) is 0 Å². The van der Waals surface area contributed by atoms with Gasteiger partial charge in [-0.3, -0.25) is 4.79 Å². The van der Waals surface area contributed by atoms with Crippen LogP contribution in [-0.2, 0) is 10.3 Å². The van der Waals surface area contributed by atoms with Gasteiger partial charge in [0.15, 0.2) is 11.6 Å². The number of rotatable bonds is 2. The minimum absolute atomic E-state index is 0.112. The first-order valence-electron chi connectivity index (χ1n) is 9.91. The van der Waals surface area contributed by atoms with E-state index < -0.39 is 5.60 Å². The lowest BCUT2D eigenvalue weighted by atomic mass is 9.91. The molecule has 1 spiro atoms. The molecule has 3 N–H and O–H groups in total. The van der Waals surface area contributed by atoms with Gasteiger partial charge in [-0.25, -0.2) is 9.97 Å². The first-order chi connectivity index (χ1) is 14.7. The van der Waals surface area contributed by atoms with Gasteiger partial charge < -0.3 is 24.8 Å². The number of carbonyl (C=O) groups excluding carboxylic acids is 1. The maximum absolute atomic E-state index is 12.5. The van der Waals surface area contributed by atoms with Crippen molar-refractivity contribution in [3.63, 3.8) is 0 Å². The molecular formula is C22H19N5O3. The van der Waals surface area contributed by atoms with E-state index >= 15 is 0 Å². The van der Waals surface area contributed by atoms with Crippen LogP contribution in [0, 0.1) is 0 Å². The summed E-state index contributed by atoms with van der Waals surface area (Å²) in [6.07, 6.45) is 1.69. The fourth-order valence-electron chi connectivity index (χ4n) is 4.19. The lowest BCUT2D eigenvalue weighted by Crippen LogP contribution is -2.57. The number of morpholine rings is 1. The van der Waals surface area contributed by atoms with Gasteiger partial charge in [0.05, 0.1) is 35.8 Å². The average Bonchev–Trinajstić information content (AvgIpc) is 3.43. The Labute approximate surface area is 171 Å². The highest BCUT2D eigenvalue weighted by Gasteiger charge is 2.43. The molecule has 0 saturated carbocycles. The van der Waals surface area contributed by atoms with E-state index in [1.807, 2.05) is 42.5 Å². The van der Waals surface area contributed by atoms with Crippen molar-refractivity contribution in [1.29, 1.82) is 0 Å². The zero-order valence-corrected chi connectivity index (χ0v) is 16.1. The number of hydrogen-bond acceptors (Lipinski definition) is 6. The number of aromatic amines is 1. The van der Waals surface area contributed by atoms with Crippen LogP contribution >= 0.6 is 0 Å². The summed E-state index contributed by atoms with van der Waals surface area (Å²) in [5.74, 6) is 0.980. The Balaban J connectivity index is 1.42. The number of H-pyrrole nitrogens is 1. The number of furan rings is 1. The van der Waals surface area contributed by atoms with Crippen molar-refractivity contribution in [2.75, 3.05) is 26.2 Å². The smallest absolute Gasteiger partial charge is 0.253 e. The number of benzene rings is 1. The molecular weight excluding hydrogens is 382 g/mol. The van der Waals surface area contributed by atoms with E-state index in [0.717, 1.165) is 28.9 Å². The Hall–Kier alpha value is -3.49. The molecule has 2 aliphatic heterocycles. The molecule has 2 aliphatic rings. The number of fused-ring (bicyclic) bond motifs is 3. The largest absolute Gasteiger partial charge is 0.453 e. The van der Waals surface area contributed by atoms with Crippen LogP contribution < -0.4 is 10.6 Å². The first-order valence-corrected chi connectivity index (χ1v) is 9.91. The molecule has 5 heterocycles. The summed E-state index contributed by atoms with van der Waals surface area (Å²) < 4.78 is 12.0. The van der Waals surface area contributed by atoms with Crippen LogP contribution in [0.5, 0.6) is 0 Å². The van der Waals surface area contributed by atoms with Crippen LogP contribution in [0.2, 0.25) is 0 Å². The summed E-state index contributed by atoms with van der Waals surface area (Å²) in [7, 11) is 0. The molecule has 1 fully saturated rings. The maximum Gasteiger partial charge on any atom is 0.253 e. The molecule has 1 aromatic carbocycles. The van der Waals surface area contributed by atoms with Crippen molar-refractivity contribution in [3.05, 3.63) is 59.9 Å². The number of carbonyl (C=O) groups is 1. The van der Waals surface area contributed by atoms with E-state index in [0.29, 0.717) is 42.5 Å². The third-order valence-corrected chi connectivity index (χ3v) is 5.70. The number of ether oxygens (including phenoxy) is 1. The minimum atomic E-state index is -0.589. The van der Waals surface area contributed by atoms with Gasteiger partial charge in [0.2, 0.25) is 0 Å². The predicted octanol–water partition coefficient (Wildman–Crippen LogP) is 2.44. The van der Waals surface area contributed by atoms with Gasteiger partial charge >= 0.3 is 0 Å². The zero-order chi connectivity index (χ0) is 20.1. The molecule has 6 rings (SSSR count). The number of para-hydroxylation sites is 1. The van der Waals surface area contributed by atoms with Gasteiger partial charge in [0, 0.05) is 24.7 Å². The van der Waals surface area contributed by atoms with Gasteiger partial charge in [-0.2, -0.15) is 0 Å². The van der Waals surface area contributed by atoms with Crippen LogP contribution in [0.3, 0.4) is 0 Å². The van der Waals surface area contributed by atoms with Crippen molar-refractivity contribution < 1.29 is 13.9 Å². The van der Waals surface area contributed by atoms with Gasteiger partial charge in [-0.1, -0.05) is 18.2 Å². The fraction of sp³-hybridized carbons (Fsp3) is 0.227. The molecule has 0 bridgehead atoms. The zero-order valence-electron chi connectivity index (χ0n) is 16.1. The molecule has 30 heavy (non-hydrogen) atoms. The normalized spacial score (nSPS) is 21.0. The van der Waals surface area contributed by atoms with Crippen LogP contribution in [0.4, 0.5) is 0 Å². The lowest BCUT2D eigenvalue weighted by Gasteiger charge is -2.40. The number of hydrogen-bond donors (Lipinski definition) is 3. The summed E-state index contributed by atoms with van der Waals surface area (Å²) in [5.41, 5.74) is 3.00. The van der Waals surface area contributed by atoms with E-state index in [4.69, 9.17) is 9.15 Å². The Bertz CT molecular complexity index is 1240. The highest BCUT2D eigenvalue weighted by molar-refractivity contribution is 5.98. The molecule has 1 saturated heterocycles. The Morgan fingerprint density at radius 1 is 1.10 bits per heavy atom. The number of amides is 1. The van der Waals surface area contributed by atoms with Gasteiger partial charge in [-0.05, 0) is 24.3 Å². The van der Waals surface area contributed by atoms with Crippen LogP contribution in [0.25, 0.3) is 33.9 Å². The van der Waals surface area contributed by atoms with Crippen LogP contribution in [0.15, 0.2) is 53.1 Å². The summed E-state index contributed by atoms with van der Waals surface area (Å²) in [4.78, 5) is 25.0. The molecule has 8 nitrogen and oxygen atoms in total. The Morgan fingerprint density at radius 2 is 2.03 bits per heavy atom. The second kappa shape index (κ2) is 6.51. The van der Waals surface area contributed by atoms with Crippen molar-refractivity contribution in [1.82, 2.24) is 25.6 Å². The molecule has 4 aromatic rings. The highest BCUT2D eigenvalue weighted by atomic mass is 16.5. The molecule has 8 heteroatoms. The van der Waals surface area contributed by atoms with Crippen molar-refractivity contribution >= 4 is 16.9 Å². The standard InChI is InChI=1S/C22H19N5O3/c28-21-14-10-16(26-19(14)22(12-25-21)11-23-7-8-29-22)15-5-6-24-20(27-15)18-9-13-3-1-2-4-17(13)30-18/h1-6,9-10,23,26H,7-8,11-12H2,(H,25,28). The Kier molecular flexibility index (Phi) is 3.77. The Morgan fingerprint density at radius 3 is 2.90 bits per heavy atom. The molecule has 150 valence electrons. The van der Waals surface area contributed by atoms with Crippen molar-refractivity contribution in [2.45, 2.75) is 5.60 Å². The van der Waals surface area contributed by atoms with E-state index in [1.165, 1.54) is 0 Å². The van der Waals surface area contributed by atoms with E-state index in [1.54, 1.807) is 6.20 Å². The molecule has 0 radical (unpaired) electrons. The lowest BCUT2D eigenvalue weighted by molar-refractivity contribution is -0.0737. The van der Waals surface area contributed by atoms with Crippen molar-refractivity contribution in [2.24, 2.45) is 0 Å². The predicted molar refractivity (Wildman–Crippen MR) is 110 cm³/mol. The fourth-order valence-corrected chi connectivity index (χ4v) is 4.19. The number of nitrogens with zero attached hydrogens (tertiary/aromatic N) is 2. The van der Waals surface area contributed by atoms with Crippen molar-refractivity contribution in [3.8, 4) is 23.0 Å². The van der Waals surface area contributed by atoms with Gasteiger partial charge in [0.25, 0.3) is 5.91 Å². The molecule has 1 unspecified atom stereocenters. The van der Waals surface area contributed by atoms with Crippen LogP contribution in [-0.4, -0.2) is 47.1 Å². The number of nitrogens with one attached hydrogen (secondary N) is 3. The number of aromatic nitrogens is 3. The molecule has 3 aromatic heterocycles. The average molecular weight is 401 g/mol. The molecule has 1 amide bonds. The molecule has 1 atom stereocenters. The summed E-state index contributed by atoms with van der Waals surface area (Å²) >= 11 is 0. The quantitative estimate of drug-likeness (QED) is 0.477. The van der Waals surface area contributed by atoms with E-state index in [2.05, 4.69) is 25.6 Å². The molecule has 0 aliphatic carbocycles. The third-order valence-electron chi connectivity index (χ3n) is 5.70. The van der Waals surface area contributed by atoms with E-state index in [-0.39, 0.29) is 5.91 Å². The highest BCUT2D eigenvalue weighted by Crippen LogP contribution is 2.35. The second-order valence-corrected chi connectivity index (χ2v) is 7.59. The third kappa shape index (κ3) is 2.65. The summed E-state index contributed by atoms with van der Waals surface area (Å²) in [6, 6.07) is 13.4. The second-order valence-electron chi connectivity index (χ2n) is 7.59. The van der Waals surface area contributed by atoms with E-state index in [9.17, 15) is 4.79 Å². The summed E-state index contributed by atoms with van der Waals surface area (Å²) in [6.45, 7) is 2.45. The maximum atomic E-state index is 12.5. The van der Waals surface area contributed by atoms with Gasteiger partial charge in [0.1, 0.15) is 11.2 Å². The topological polar surface area (TPSA) is 105 Å².